The highest BCUT2D eigenvalue weighted by Crippen LogP contribution is 2.40. The van der Waals surface area contributed by atoms with Crippen molar-refractivity contribution in [2.24, 2.45) is 0 Å². The molecule has 0 saturated heterocycles. The molecule has 1 heterocycles. The van der Waals surface area contributed by atoms with Crippen molar-refractivity contribution in [1.29, 1.82) is 0 Å². The fourth-order valence-corrected chi connectivity index (χ4v) is 3.71. The summed E-state index contributed by atoms with van der Waals surface area (Å²) in [6.45, 7) is 0. The Balaban J connectivity index is 2.25. The minimum atomic E-state index is 0.318. The second-order valence-corrected chi connectivity index (χ2v) is 7.61. The molecule has 0 radical (unpaired) electrons. The predicted molar refractivity (Wildman–Crippen MR) is 110 cm³/mol. The van der Waals surface area contributed by atoms with E-state index in [9.17, 15) is 0 Å². The van der Waals surface area contributed by atoms with Crippen molar-refractivity contribution in [1.82, 2.24) is 4.98 Å². The highest BCUT2D eigenvalue weighted by Gasteiger charge is 2.15. The van der Waals surface area contributed by atoms with Crippen LogP contribution in [0.25, 0.3) is 22.5 Å². The molecule has 0 aliphatic rings. The molecule has 0 saturated carbocycles. The van der Waals surface area contributed by atoms with Gasteiger partial charge in [0, 0.05) is 26.9 Å². The average Bonchev–Trinajstić information content (AvgIpc) is 2.53. The quantitative estimate of drug-likeness (QED) is 0.401. The number of nitrogen functional groups attached to an aromatic ring is 1. The summed E-state index contributed by atoms with van der Waals surface area (Å²) in [7, 11) is 0. The molecule has 3 rings (SSSR count). The molecule has 25 heavy (non-hydrogen) atoms. The summed E-state index contributed by atoms with van der Waals surface area (Å²) in [4.78, 5) is 4.58. The number of nitrogens with zero attached hydrogens (tertiary/aromatic N) is 1. The molecule has 0 atom stereocenters. The lowest BCUT2D eigenvalue weighted by Crippen LogP contribution is -1.95. The molecule has 0 amide bonds. The Morgan fingerprint density at radius 1 is 0.600 bits per heavy atom. The number of halogens is 6. The summed E-state index contributed by atoms with van der Waals surface area (Å²) in [6.07, 6.45) is 0. The maximum atomic E-state index is 6.29. The molecule has 3 aromatic rings. The number of pyridine rings is 1. The van der Waals surface area contributed by atoms with Gasteiger partial charge in [-0.1, -0.05) is 69.6 Å². The van der Waals surface area contributed by atoms with Crippen molar-refractivity contribution in [2.75, 3.05) is 5.73 Å². The molecule has 0 spiro atoms. The van der Waals surface area contributed by atoms with E-state index in [2.05, 4.69) is 4.98 Å². The molecule has 0 unspecified atom stereocenters. The van der Waals surface area contributed by atoms with Gasteiger partial charge in [-0.25, -0.2) is 4.98 Å². The van der Waals surface area contributed by atoms with Gasteiger partial charge in [0.2, 0.25) is 0 Å². The lowest BCUT2D eigenvalue weighted by atomic mass is 10.1. The van der Waals surface area contributed by atoms with E-state index in [0.717, 1.165) is 0 Å². The number of hydrogen-bond donors (Lipinski definition) is 1. The van der Waals surface area contributed by atoms with Gasteiger partial charge in [0.1, 0.15) is 0 Å². The van der Waals surface area contributed by atoms with Gasteiger partial charge in [0.25, 0.3) is 0 Å². The van der Waals surface area contributed by atoms with Crippen LogP contribution in [0.15, 0.2) is 36.4 Å². The first-order valence-corrected chi connectivity index (χ1v) is 9.10. The zero-order chi connectivity index (χ0) is 18.3. The van der Waals surface area contributed by atoms with Crippen molar-refractivity contribution in [3.63, 3.8) is 0 Å². The van der Waals surface area contributed by atoms with E-state index in [1.807, 2.05) is 0 Å². The van der Waals surface area contributed by atoms with Crippen LogP contribution >= 0.6 is 69.6 Å². The third kappa shape index (κ3) is 3.95. The number of nitrogens with two attached hydrogens (primary N) is 1. The third-order valence-corrected chi connectivity index (χ3v) is 5.43. The fraction of sp³-hybridized carbons (Fsp3) is 0. The Bertz CT molecular complexity index is 912. The Kier molecular flexibility index (Phi) is 5.60. The number of benzene rings is 2. The highest BCUT2D eigenvalue weighted by molar-refractivity contribution is 6.45. The monoisotopic (exact) mass is 450 g/mol. The Hall–Kier alpha value is -0.870. The Labute approximate surface area is 174 Å². The standard InChI is InChI=1S/C17H8Cl6N2/c18-7-1-10(16(22)12(20)3-7)14-5-9(24)6-15(25-14)11-2-8(19)4-13(21)17(11)23/h1-6H,(H2,24,25). The molecule has 0 aliphatic heterocycles. The molecule has 2 aromatic carbocycles. The molecular formula is C17H8Cl6N2. The molecule has 1 aromatic heterocycles. The van der Waals surface area contributed by atoms with Gasteiger partial charge >= 0.3 is 0 Å². The normalized spacial score (nSPS) is 11.0. The van der Waals surface area contributed by atoms with Crippen LogP contribution in [0.2, 0.25) is 30.1 Å². The first-order valence-electron chi connectivity index (χ1n) is 6.83. The maximum Gasteiger partial charge on any atom is 0.0746 e. The Morgan fingerprint density at radius 2 is 1.00 bits per heavy atom. The van der Waals surface area contributed by atoms with E-state index >= 15 is 0 Å². The maximum absolute atomic E-state index is 6.29. The van der Waals surface area contributed by atoms with Crippen molar-refractivity contribution in [3.8, 4) is 22.5 Å². The first-order chi connectivity index (χ1) is 11.8. The van der Waals surface area contributed by atoms with Crippen molar-refractivity contribution in [3.05, 3.63) is 66.5 Å². The third-order valence-electron chi connectivity index (χ3n) is 3.39. The summed E-state index contributed by atoms with van der Waals surface area (Å²) < 4.78 is 0. The summed E-state index contributed by atoms with van der Waals surface area (Å²) >= 11 is 36.9. The smallest absolute Gasteiger partial charge is 0.0746 e. The van der Waals surface area contributed by atoms with Gasteiger partial charge in [-0.05, 0) is 36.4 Å². The van der Waals surface area contributed by atoms with Crippen LogP contribution in [-0.2, 0) is 0 Å². The van der Waals surface area contributed by atoms with Gasteiger partial charge in [-0.15, -0.1) is 0 Å². The summed E-state index contributed by atoms with van der Waals surface area (Å²) in [6, 6.07) is 9.75. The van der Waals surface area contributed by atoms with E-state index < -0.39 is 0 Å². The molecule has 0 fully saturated rings. The molecule has 0 aliphatic carbocycles. The van der Waals surface area contributed by atoms with Gasteiger partial charge in [0.05, 0.1) is 31.5 Å². The number of anilines is 1. The average molecular weight is 453 g/mol. The van der Waals surface area contributed by atoms with Gasteiger partial charge < -0.3 is 5.73 Å². The lowest BCUT2D eigenvalue weighted by Gasteiger charge is -2.12. The molecular weight excluding hydrogens is 445 g/mol. The SMILES string of the molecule is Nc1cc(-c2cc(Cl)cc(Cl)c2Cl)nc(-c2cc(Cl)cc(Cl)c2Cl)c1. The van der Waals surface area contributed by atoms with Crippen molar-refractivity contribution >= 4 is 75.3 Å². The zero-order valence-corrected chi connectivity index (χ0v) is 16.8. The van der Waals surface area contributed by atoms with E-state index in [0.29, 0.717) is 58.3 Å². The van der Waals surface area contributed by atoms with E-state index in [-0.39, 0.29) is 0 Å². The van der Waals surface area contributed by atoms with Gasteiger partial charge in [-0.2, -0.15) is 0 Å². The molecule has 8 heteroatoms. The van der Waals surface area contributed by atoms with Crippen LogP contribution in [0.3, 0.4) is 0 Å². The summed E-state index contributed by atoms with van der Waals surface area (Å²) in [5, 5.41) is 2.14. The van der Waals surface area contributed by atoms with Crippen LogP contribution in [0, 0.1) is 0 Å². The van der Waals surface area contributed by atoms with E-state index in [1.165, 1.54) is 0 Å². The molecule has 2 nitrogen and oxygen atoms in total. The number of aromatic nitrogens is 1. The second kappa shape index (κ2) is 7.40. The van der Waals surface area contributed by atoms with Crippen LogP contribution in [0.4, 0.5) is 5.69 Å². The topological polar surface area (TPSA) is 38.9 Å². The summed E-state index contributed by atoms with van der Waals surface area (Å²) in [5.41, 5.74) is 8.59. The first kappa shape index (κ1) is 18.9. The van der Waals surface area contributed by atoms with Crippen LogP contribution < -0.4 is 5.73 Å². The molecule has 128 valence electrons. The van der Waals surface area contributed by atoms with Crippen molar-refractivity contribution in [2.45, 2.75) is 0 Å². The van der Waals surface area contributed by atoms with E-state index in [1.54, 1.807) is 36.4 Å². The number of rotatable bonds is 2. The van der Waals surface area contributed by atoms with Crippen molar-refractivity contribution < 1.29 is 0 Å². The highest BCUT2D eigenvalue weighted by atomic mass is 35.5. The minimum Gasteiger partial charge on any atom is -0.399 e. The summed E-state index contributed by atoms with van der Waals surface area (Å²) in [5.74, 6) is 0. The predicted octanol–water partition coefficient (Wildman–Crippen LogP) is 7.92. The largest absolute Gasteiger partial charge is 0.399 e. The molecule has 0 bridgehead atoms. The van der Waals surface area contributed by atoms with Crippen LogP contribution in [-0.4, -0.2) is 4.98 Å². The van der Waals surface area contributed by atoms with Crippen LogP contribution in [0.1, 0.15) is 0 Å². The zero-order valence-electron chi connectivity index (χ0n) is 12.3. The van der Waals surface area contributed by atoms with E-state index in [4.69, 9.17) is 75.3 Å². The fourth-order valence-electron chi connectivity index (χ4n) is 2.31. The van der Waals surface area contributed by atoms with Crippen LogP contribution in [0.5, 0.6) is 0 Å². The second-order valence-electron chi connectivity index (χ2n) is 5.17. The van der Waals surface area contributed by atoms with Gasteiger partial charge in [-0.3, -0.25) is 0 Å². The lowest BCUT2D eigenvalue weighted by molar-refractivity contribution is 1.32. The number of hydrogen-bond acceptors (Lipinski definition) is 2. The molecule has 2 N–H and O–H groups in total. The van der Waals surface area contributed by atoms with Gasteiger partial charge in [0.15, 0.2) is 0 Å². The Morgan fingerprint density at radius 3 is 1.40 bits per heavy atom. The minimum absolute atomic E-state index is 0.318.